The summed E-state index contributed by atoms with van der Waals surface area (Å²) in [6.45, 7) is 0. The van der Waals surface area contributed by atoms with Crippen molar-refractivity contribution >= 4 is 11.8 Å². The van der Waals surface area contributed by atoms with E-state index in [0.717, 1.165) is 0 Å². The molecule has 0 radical (unpaired) electrons. The van der Waals surface area contributed by atoms with Crippen molar-refractivity contribution in [3.63, 3.8) is 0 Å². The Balaban J connectivity index is 2.87. The molecule has 1 aromatic carbocycles. The highest BCUT2D eigenvalue weighted by molar-refractivity contribution is 5.97. The van der Waals surface area contributed by atoms with Crippen molar-refractivity contribution in [3.05, 3.63) is 35.4 Å². The molecular formula is C10H14N4O2. The molecule has 2 amide bonds. The monoisotopic (exact) mass is 222 g/mol. The fourth-order valence-electron chi connectivity index (χ4n) is 1.14. The second-order valence-electron chi connectivity index (χ2n) is 3.14. The second kappa shape index (κ2) is 5.24. The van der Waals surface area contributed by atoms with E-state index in [-0.39, 0.29) is 11.8 Å². The van der Waals surface area contributed by atoms with Crippen LogP contribution in [0.25, 0.3) is 0 Å². The van der Waals surface area contributed by atoms with Crippen molar-refractivity contribution in [1.29, 1.82) is 0 Å². The van der Waals surface area contributed by atoms with E-state index >= 15 is 0 Å². The highest BCUT2D eigenvalue weighted by atomic mass is 16.2. The summed E-state index contributed by atoms with van der Waals surface area (Å²) in [4.78, 5) is 22.8. The third-order valence-corrected chi connectivity index (χ3v) is 2.17. The summed E-state index contributed by atoms with van der Waals surface area (Å²) in [5.41, 5.74) is 5.61. The van der Waals surface area contributed by atoms with Crippen LogP contribution in [0.3, 0.4) is 0 Å². The van der Waals surface area contributed by atoms with E-state index in [1.54, 1.807) is 38.4 Å². The lowest BCUT2D eigenvalue weighted by Crippen LogP contribution is -2.36. The second-order valence-corrected chi connectivity index (χ2v) is 3.14. The summed E-state index contributed by atoms with van der Waals surface area (Å²) < 4.78 is 0. The summed E-state index contributed by atoms with van der Waals surface area (Å²) in [5.74, 6) is 4.42. The minimum Gasteiger partial charge on any atom is -0.290 e. The number of hydrazine groups is 2. The number of nitrogens with one attached hydrogen (secondary N) is 2. The topological polar surface area (TPSA) is 87.5 Å². The van der Waals surface area contributed by atoms with Gasteiger partial charge in [0.25, 0.3) is 11.8 Å². The SMILES string of the molecule is CNN(C)C(=O)c1ccc(C(=O)NN)cc1. The maximum atomic E-state index is 11.7. The van der Waals surface area contributed by atoms with E-state index in [4.69, 9.17) is 5.84 Å². The van der Waals surface area contributed by atoms with Crippen LogP contribution in [-0.4, -0.2) is 30.9 Å². The zero-order valence-electron chi connectivity index (χ0n) is 9.15. The van der Waals surface area contributed by atoms with Crippen molar-refractivity contribution in [1.82, 2.24) is 15.9 Å². The predicted octanol–water partition coefficient (Wildman–Crippen LogP) is -0.503. The molecule has 1 aromatic rings. The number of carbonyl (C=O) groups is 2. The normalized spacial score (nSPS) is 9.69. The van der Waals surface area contributed by atoms with Gasteiger partial charge in [0.2, 0.25) is 0 Å². The maximum absolute atomic E-state index is 11.7. The van der Waals surface area contributed by atoms with Gasteiger partial charge in [0.05, 0.1) is 0 Å². The van der Waals surface area contributed by atoms with Crippen LogP contribution in [0.2, 0.25) is 0 Å². The van der Waals surface area contributed by atoms with Crippen molar-refractivity contribution in [2.45, 2.75) is 0 Å². The Labute approximate surface area is 93.4 Å². The Morgan fingerprint density at radius 3 is 2.12 bits per heavy atom. The van der Waals surface area contributed by atoms with Crippen LogP contribution >= 0.6 is 0 Å². The van der Waals surface area contributed by atoms with E-state index in [2.05, 4.69) is 5.43 Å². The van der Waals surface area contributed by atoms with Crippen LogP contribution < -0.4 is 16.7 Å². The molecule has 0 saturated carbocycles. The van der Waals surface area contributed by atoms with Gasteiger partial charge in [-0.1, -0.05) is 0 Å². The minimum absolute atomic E-state index is 0.179. The Morgan fingerprint density at radius 2 is 1.69 bits per heavy atom. The number of nitrogens with two attached hydrogens (primary N) is 1. The van der Waals surface area contributed by atoms with Crippen LogP contribution in [0.5, 0.6) is 0 Å². The molecule has 0 spiro atoms. The largest absolute Gasteiger partial charge is 0.290 e. The van der Waals surface area contributed by atoms with E-state index < -0.39 is 0 Å². The number of benzene rings is 1. The fraction of sp³-hybridized carbons (Fsp3) is 0.200. The first-order chi connectivity index (χ1) is 7.60. The Morgan fingerprint density at radius 1 is 1.19 bits per heavy atom. The van der Waals surface area contributed by atoms with Gasteiger partial charge in [0, 0.05) is 25.2 Å². The number of nitrogens with zero attached hydrogens (tertiary/aromatic N) is 1. The molecule has 0 aliphatic heterocycles. The summed E-state index contributed by atoms with van der Waals surface area (Å²) in [5, 5.41) is 1.35. The Hall–Kier alpha value is -1.92. The summed E-state index contributed by atoms with van der Waals surface area (Å²) >= 11 is 0. The molecule has 0 heterocycles. The Kier molecular flexibility index (Phi) is 3.98. The molecule has 0 atom stereocenters. The van der Waals surface area contributed by atoms with Crippen molar-refractivity contribution < 1.29 is 9.59 Å². The number of nitrogen functional groups attached to an aromatic ring is 1. The zero-order chi connectivity index (χ0) is 12.1. The lowest BCUT2D eigenvalue weighted by atomic mass is 10.1. The molecule has 86 valence electrons. The predicted molar refractivity (Wildman–Crippen MR) is 59.2 cm³/mol. The van der Waals surface area contributed by atoms with Gasteiger partial charge in [0.1, 0.15) is 0 Å². The standard InChI is InChI=1S/C10H14N4O2/c1-12-14(2)10(16)8-5-3-7(4-6-8)9(15)13-11/h3-6,12H,11H2,1-2H3,(H,13,15). The van der Waals surface area contributed by atoms with Gasteiger partial charge in [-0.3, -0.25) is 20.0 Å². The third-order valence-electron chi connectivity index (χ3n) is 2.17. The smallest absolute Gasteiger partial charge is 0.267 e. The lowest BCUT2D eigenvalue weighted by molar-refractivity contribution is 0.0734. The highest BCUT2D eigenvalue weighted by Gasteiger charge is 2.10. The minimum atomic E-state index is -0.388. The molecule has 16 heavy (non-hydrogen) atoms. The maximum Gasteiger partial charge on any atom is 0.267 e. The molecule has 1 rings (SSSR count). The van der Waals surface area contributed by atoms with Crippen LogP contribution in [0.4, 0.5) is 0 Å². The fourth-order valence-corrected chi connectivity index (χ4v) is 1.14. The van der Waals surface area contributed by atoms with Crippen molar-refractivity contribution in [2.24, 2.45) is 5.84 Å². The first kappa shape index (κ1) is 12.2. The van der Waals surface area contributed by atoms with Gasteiger partial charge in [0.15, 0.2) is 0 Å². The van der Waals surface area contributed by atoms with Crippen molar-refractivity contribution in [2.75, 3.05) is 14.1 Å². The number of rotatable bonds is 3. The molecule has 0 aromatic heterocycles. The number of amides is 2. The van der Waals surface area contributed by atoms with Crippen LogP contribution in [-0.2, 0) is 0 Å². The third kappa shape index (κ3) is 2.56. The molecule has 0 saturated heterocycles. The van der Waals surface area contributed by atoms with E-state index in [1.807, 2.05) is 5.43 Å². The molecular weight excluding hydrogens is 208 g/mol. The van der Waals surface area contributed by atoms with Crippen molar-refractivity contribution in [3.8, 4) is 0 Å². The molecule has 4 N–H and O–H groups in total. The first-order valence-electron chi connectivity index (χ1n) is 4.66. The van der Waals surface area contributed by atoms with Gasteiger partial charge in [-0.2, -0.15) is 0 Å². The summed E-state index contributed by atoms with van der Waals surface area (Å²) in [6, 6.07) is 6.22. The number of hydrogen-bond acceptors (Lipinski definition) is 4. The molecule has 6 heteroatoms. The Bertz CT molecular complexity index is 388. The quantitative estimate of drug-likeness (QED) is 0.365. The van der Waals surface area contributed by atoms with Gasteiger partial charge in [-0.15, -0.1) is 0 Å². The van der Waals surface area contributed by atoms with E-state index in [1.165, 1.54) is 5.01 Å². The average Bonchev–Trinajstić information content (AvgIpc) is 2.36. The molecule has 0 bridgehead atoms. The molecule has 0 aliphatic carbocycles. The first-order valence-corrected chi connectivity index (χ1v) is 4.66. The average molecular weight is 222 g/mol. The summed E-state index contributed by atoms with van der Waals surface area (Å²) in [6.07, 6.45) is 0. The summed E-state index contributed by atoms with van der Waals surface area (Å²) in [7, 11) is 3.26. The molecule has 0 aliphatic rings. The van der Waals surface area contributed by atoms with Gasteiger partial charge < -0.3 is 0 Å². The molecule has 6 nitrogen and oxygen atoms in total. The van der Waals surface area contributed by atoms with Gasteiger partial charge in [-0.05, 0) is 24.3 Å². The van der Waals surface area contributed by atoms with E-state index in [9.17, 15) is 9.59 Å². The van der Waals surface area contributed by atoms with Gasteiger partial charge in [-0.25, -0.2) is 11.3 Å². The number of hydrogen-bond donors (Lipinski definition) is 3. The van der Waals surface area contributed by atoms with Crippen LogP contribution in [0.1, 0.15) is 20.7 Å². The highest BCUT2D eigenvalue weighted by Crippen LogP contribution is 2.05. The zero-order valence-corrected chi connectivity index (χ0v) is 9.15. The van der Waals surface area contributed by atoms with Crippen LogP contribution in [0, 0.1) is 0 Å². The lowest BCUT2D eigenvalue weighted by Gasteiger charge is -2.15. The van der Waals surface area contributed by atoms with Gasteiger partial charge >= 0.3 is 0 Å². The van der Waals surface area contributed by atoms with E-state index in [0.29, 0.717) is 11.1 Å². The molecule has 0 unspecified atom stereocenters. The molecule has 0 fully saturated rings. The van der Waals surface area contributed by atoms with Crippen LogP contribution in [0.15, 0.2) is 24.3 Å². The number of carbonyl (C=O) groups excluding carboxylic acids is 2.